The summed E-state index contributed by atoms with van der Waals surface area (Å²) in [5, 5.41) is 15.1. The minimum atomic E-state index is -0.857. The molecule has 0 radical (unpaired) electrons. The molecule has 4 rings (SSSR count). The van der Waals surface area contributed by atoms with Crippen molar-refractivity contribution in [2.45, 2.75) is 12.0 Å². The minimum Gasteiger partial charge on any atom is -0.380 e. The van der Waals surface area contributed by atoms with E-state index in [4.69, 9.17) is 0 Å². The van der Waals surface area contributed by atoms with E-state index in [2.05, 4.69) is 35.6 Å². The molecule has 1 aliphatic carbocycles. The van der Waals surface area contributed by atoms with Gasteiger partial charge >= 0.3 is 0 Å². The molecule has 1 heterocycles. The topological polar surface area (TPSA) is 32.3 Å². The SMILES string of the molecule is OC1(c2ccccc2)c2ccccc2CC2CNCC21. The summed E-state index contributed by atoms with van der Waals surface area (Å²) >= 11 is 0. The van der Waals surface area contributed by atoms with Crippen molar-refractivity contribution in [2.24, 2.45) is 11.8 Å². The van der Waals surface area contributed by atoms with Crippen LogP contribution in [-0.4, -0.2) is 18.2 Å². The highest BCUT2D eigenvalue weighted by atomic mass is 16.3. The molecule has 2 heteroatoms. The second-order valence-corrected chi connectivity index (χ2v) is 6.02. The number of hydrogen-bond acceptors (Lipinski definition) is 2. The van der Waals surface area contributed by atoms with Crippen LogP contribution in [0.25, 0.3) is 0 Å². The van der Waals surface area contributed by atoms with Gasteiger partial charge in [-0.1, -0.05) is 54.6 Å². The molecule has 3 atom stereocenters. The van der Waals surface area contributed by atoms with Gasteiger partial charge in [0.25, 0.3) is 0 Å². The molecule has 2 aromatic carbocycles. The Labute approximate surface area is 119 Å². The first-order chi connectivity index (χ1) is 9.80. The fourth-order valence-corrected chi connectivity index (χ4v) is 4.05. The van der Waals surface area contributed by atoms with Crippen molar-refractivity contribution >= 4 is 0 Å². The fraction of sp³-hybridized carbons (Fsp3) is 0.333. The average molecular weight is 265 g/mol. The Kier molecular flexibility index (Phi) is 2.69. The molecule has 2 nitrogen and oxygen atoms in total. The lowest BCUT2D eigenvalue weighted by Crippen LogP contribution is -2.45. The highest BCUT2D eigenvalue weighted by Crippen LogP contribution is 2.48. The van der Waals surface area contributed by atoms with E-state index in [0.717, 1.165) is 30.6 Å². The van der Waals surface area contributed by atoms with Crippen molar-refractivity contribution in [3.05, 3.63) is 71.3 Å². The van der Waals surface area contributed by atoms with Crippen molar-refractivity contribution in [3.8, 4) is 0 Å². The summed E-state index contributed by atoms with van der Waals surface area (Å²) in [4.78, 5) is 0. The third kappa shape index (κ3) is 1.58. The zero-order chi connectivity index (χ0) is 13.6. The van der Waals surface area contributed by atoms with Crippen molar-refractivity contribution in [1.82, 2.24) is 5.32 Å². The second kappa shape index (κ2) is 4.44. The molecule has 0 spiro atoms. The Balaban J connectivity index is 1.95. The minimum absolute atomic E-state index is 0.264. The smallest absolute Gasteiger partial charge is 0.119 e. The summed E-state index contributed by atoms with van der Waals surface area (Å²) < 4.78 is 0. The van der Waals surface area contributed by atoms with Gasteiger partial charge in [0.15, 0.2) is 0 Å². The maximum atomic E-state index is 11.6. The summed E-state index contributed by atoms with van der Waals surface area (Å²) in [6.07, 6.45) is 1.07. The Hall–Kier alpha value is -1.64. The molecule has 0 saturated carbocycles. The molecular weight excluding hydrogens is 246 g/mol. The monoisotopic (exact) mass is 265 g/mol. The van der Waals surface area contributed by atoms with Crippen LogP contribution in [0.5, 0.6) is 0 Å². The highest BCUT2D eigenvalue weighted by Gasteiger charge is 2.50. The van der Waals surface area contributed by atoms with E-state index in [1.165, 1.54) is 5.56 Å². The number of nitrogens with one attached hydrogen (secondary N) is 1. The Morgan fingerprint density at radius 3 is 2.55 bits per heavy atom. The van der Waals surface area contributed by atoms with Crippen LogP contribution < -0.4 is 5.32 Å². The van der Waals surface area contributed by atoms with Crippen LogP contribution in [0.15, 0.2) is 54.6 Å². The molecule has 2 N–H and O–H groups in total. The molecule has 0 aromatic heterocycles. The maximum Gasteiger partial charge on any atom is 0.119 e. The van der Waals surface area contributed by atoms with Gasteiger partial charge in [-0.15, -0.1) is 0 Å². The van der Waals surface area contributed by atoms with Crippen LogP contribution in [0, 0.1) is 11.8 Å². The van der Waals surface area contributed by atoms with Gasteiger partial charge in [0.1, 0.15) is 5.60 Å². The normalized spacial score (nSPS) is 31.6. The molecule has 0 bridgehead atoms. The van der Waals surface area contributed by atoms with Crippen molar-refractivity contribution in [2.75, 3.05) is 13.1 Å². The van der Waals surface area contributed by atoms with Crippen LogP contribution in [-0.2, 0) is 12.0 Å². The largest absolute Gasteiger partial charge is 0.380 e. The van der Waals surface area contributed by atoms with Gasteiger partial charge in [-0.25, -0.2) is 0 Å². The van der Waals surface area contributed by atoms with Gasteiger partial charge in [0.2, 0.25) is 0 Å². The first-order valence-electron chi connectivity index (χ1n) is 7.37. The van der Waals surface area contributed by atoms with Crippen LogP contribution in [0.2, 0.25) is 0 Å². The van der Waals surface area contributed by atoms with E-state index >= 15 is 0 Å². The third-order valence-electron chi connectivity index (χ3n) is 5.00. The summed E-state index contributed by atoms with van der Waals surface area (Å²) in [5.74, 6) is 0.787. The average Bonchev–Trinajstić information content (AvgIpc) is 2.97. The molecule has 3 unspecified atom stereocenters. The first-order valence-corrected chi connectivity index (χ1v) is 7.37. The van der Waals surface area contributed by atoms with Crippen LogP contribution in [0.4, 0.5) is 0 Å². The molecule has 1 fully saturated rings. The summed E-state index contributed by atoms with van der Waals surface area (Å²) in [6, 6.07) is 18.5. The number of hydrogen-bond donors (Lipinski definition) is 2. The second-order valence-electron chi connectivity index (χ2n) is 6.02. The van der Waals surface area contributed by atoms with E-state index in [1.54, 1.807) is 0 Å². The van der Waals surface area contributed by atoms with Gasteiger partial charge in [-0.05, 0) is 35.6 Å². The van der Waals surface area contributed by atoms with E-state index in [9.17, 15) is 5.11 Å². The molecule has 20 heavy (non-hydrogen) atoms. The number of rotatable bonds is 1. The van der Waals surface area contributed by atoms with Crippen LogP contribution >= 0.6 is 0 Å². The molecule has 2 aliphatic rings. The van der Waals surface area contributed by atoms with Gasteiger partial charge in [0, 0.05) is 12.5 Å². The van der Waals surface area contributed by atoms with Crippen molar-refractivity contribution < 1.29 is 5.11 Å². The van der Waals surface area contributed by atoms with E-state index in [0.29, 0.717) is 5.92 Å². The van der Waals surface area contributed by atoms with Gasteiger partial charge in [-0.3, -0.25) is 0 Å². The summed E-state index contributed by atoms with van der Waals surface area (Å²) in [7, 11) is 0. The molecular formula is C18H19NO. The molecule has 102 valence electrons. The summed E-state index contributed by atoms with van der Waals surface area (Å²) in [6.45, 7) is 1.90. The predicted octanol–water partition coefficient (Wildman–Crippen LogP) is 2.31. The van der Waals surface area contributed by atoms with Gasteiger partial charge in [-0.2, -0.15) is 0 Å². The first kappa shape index (κ1) is 12.1. The standard InChI is InChI=1S/C18H19NO/c20-18(15-7-2-1-3-8-15)16-9-5-4-6-13(16)10-14-11-19-12-17(14)18/h1-9,14,17,19-20H,10-12H2. The van der Waals surface area contributed by atoms with E-state index in [-0.39, 0.29) is 5.92 Å². The van der Waals surface area contributed by atoms with Crippen molar-refractivity contribution in [1.29, 1.82) is 0 Å². The lowest BCUT2D eigenvalue weighted by Gasteiger charge is -2.43. The van der Waals surface area contributed by atoms with Crippen molar-refractivity contribution in [3.63, 3.8) is 0 Å². The lowest BCUT2D eigenvalue weighted by molar-refractivity contribution is -0.00389. The molecule has 2 aromatic rings. The zero-order valence-corrected chi connectivity index (χ0v) is 11.4. The van der Waals surface area contributed by atoms with Gasteiger partial charge in [0.05, 0.1) is 0 Å². The number of benzene rings is 2. The number of fused-ring (bicyclic) bond motifs is 2. The quantitative estimate of drug-likeness (QED) is 0.829. The van der Waals surface area contributed by atoms with Crippen LogP contribution in [0.3, 0.4) is 0 Å². The predicted molar refractivity (Wildman–Crippen MR) is 79.4 cm³/mol. The zero-order valence-electron chi connectivity index (χ0n) is 11.4. The number of aliphatic hydroxyl groups is 1. The van der Waals surface area contributed by atoms with E-state index in [1.807, 2.05) is 24.3 Å². The fourth-order valence-electron chi connectivity index (χ4n) is 4.05. The Morgan fingerprint density at radius 2 is 1.70 bits per heavy atom. The highest BCUT2D eigenvalue weighted by molar-refractivity contribution is 5.45. The Morgan fingerprint density at radius 1 is 0.950 bits per heavy atom. The lowest BCUT2D eigenvalue weighted by atomic mass is 9.65. The molecule has 0 amide bonds. The van der Waals surface area contributed by atoms with Gasteiger partial charge < -0.3 is 10.4 Å². The molecule has 1 saturated heterocycles. The Bertz CT molecular complexity index is 624. The summed E-state index contributed by atoms with van der Waals surface area (Å²) in [5.41, 5.74) is 2.55. The maximum absolute atomic E-state index is 11.6. The van der Waals surface area contributed by atoms with E-state index < -0.39 is 5.60 Å². The van der Waals surface area contributed by atoms with Crippen LogP contribution in [0.1, 0.15) is 16.7 Å². The molecule has 1 aliphatic heterocycles. The third-order valence-corrected chi connectivity index (χ3v) is 5.00.